The molecule has 1 amide bonds. The monoisotopic (exact) mass is 339 g/mol. The third-order valence-electron chi connectivity index (χ3n) is 3.82. The van der Waals surface area contributed by atoms with Gasteiger partial charge < -0.3 is 10.1 Å². The van der Waals surface area contributed by atoms with Crippen LogP contribution in [0, 0.1) is 0 Å². The number of alkyl halides is 3. The predicted molar refractivity (Wildman–Crippen MR) is 80.8 cm³/mol. The summed E-state index contributed by atoms with van der Waals surface area (Å²) in [6, 6.07) is 7.94. The molecular formula is C16H16F3N3O2. The van der Waals surface area contributed by atoms with Crippen molar-refractivity contribution in [1.29, 1.82) is 0 Å². The summed E-state index contributed by atoms with van der Waals surface area (Å²) < 4.78 is 46.6. The molecule has 0 saturated carbocycles. The first-order valence-corrected chi connectivity index (χ1v) is 7.53. The van der Waals surface area contributed by atoms with Gasteiger partial charge in [-0.15, -0.1) is 0 Å². The van der Waals surface area contributed by atoms with Crippen LogP contribution in [0.3, 0.4) is 0 Å². The van der Waals surface area contributed by atoms with Crippen molar-refractivity contribution in [1.82, 2.24) is 9.78 Å². The van der Waals surface area contributed by atoms with Gasteiger partial charge in [0.2, 0.25) is 0 Å². The Balaban J connectivity index is 1.91. The number of amides is 1. The maximum absolute atomic E-state index is 13.5. The van der Waals surface area contributed by atoms with E-state index in [4.69, 9.17) is 4.74 Å². The second-order valence-electron chi connectivity index (χ2n) is 5.65. The summed E-state index contributed by atoms with van der Waals surface area (Å²) in [7, 11) is 0. The number of aromatic nitrogens is 2. The fraction of sp³-hybridized carbons (Fsp3) is 0.375. The van der Waals surface area contributed by atoms with Crippen molar-refractivity contribution >= 4 is 11.6 Å². The summed E-state index contributed by atoms with van der Waals surface area (Å²) in [5, 5.41) is 6.09. The maximum atomic E-state index is 13.5. The Morgan fingerprint density at radius 2 is 2.00 bits per heavy atom. The molecule has 1 saturated heterocycles. The standard InChI is InChI=1S/C16H16F3N3O2/c1-10-7-8-13(24-10)15(23)21-12-9-20-22(14(12)16(17,18)19)11-5-3-2-4-6-11/h2-6,9-10,13H,7-8H2,1H3,(H,21,23)/t10-,13+/m0/s1. The van der Waals surface area contributed by atoms with E-state index in [1.165, 1.54) is 12.1 Å². The number of nitrogens with zero attached hydrogens (tertiary/aromatic N) is 2. The normalized spacial score (nSPS) is 21.0. The average molecular weight is 339 g/mol. The van der Waals surface area contributed by atoms with Crippen molar-refractivity contribution in [3.63, 3.8) is 0 Å². The molecule has 0 aliphatic carbocycles. The molecule has 24 heavy (non-hydrogen) atoms. The maximum Gasteiger partial charge on any atom is 0.435 e. The summed E-state index contributed by atoms with van der Waals surface area (Å²) in [6.07, 6.45) is -3.28. The van der Waals surface area contributed by atoms with Crippen LogP contribution in [0.2, 0.25) is 0 Å². The molecule has 5 nitrogen and oxygen atoms in total. The van der Waals surface area contributed by atoms with Crippen molar-refractivity contribution in [3.8, 4) is 5.69 Å². The molecule has 0 bridgehead atoms. The Morgan fingerprint density at radius 3 is 2.58 bits per heavy atom. The van der Waals surface area contributed by atoms with Crippen LogP contribution >= 0.6 is 0 Å². The molecule has 0 spiro atoms. The van der Waals surface area contributed by atoms with E-state index in [1.807, 2.05) is 6.92 Å². The van der Waals surface area contributed by atoms with Crippen LogP contribution < -0.4 is 5.32 Å². The van der Waals surface area contributed by atoms with Crippen LogP contribution in [-0.2, 0) is 15.7 Å². The van der Waals surface area contributed by atoms with Crippen molar-refractivity contribution < 1.29 is 22.7 Å². The summed E-state index contributed by atoms with van der Waals surface area (Å²) in [5.41, 5.74) is -1.14. The highest BCUT2D eigenvalue weighted by molar-refractivity contribution is 5.94. The third kappa shape index (κ3) is 3.28. The first-order chi connectivity index (χ1) is 11.4. The van der Waals surface area contributed by atoms with E-state index in [0.717, 1.165) is 10.9 Å². The zero-order valence-corrected chi connectivity index (χ0v) is 12.9. The molecule has 2 heterocycles. The number of rotatable bonds is 3. The molecule has 1 fully saturated rings. The summed E-state index contributed by atoms with van der Waals surface area (Å²) in [4.78, 5) is 12.1. The first kappa shape index (κ1) is 16.5. The number of benzene rings is 1. The predicted octanol–water partition coefficient (Wildman–Crippen LogP) is 3.40. The van der Waals surface area contributed by atoms with Crippen LogP contribution in [0.5, 0.6) is 0 Å². The van der Waals surface area contributed by atoms with Crippen LogP contribution in [0.4, 0.5) is 18.9 Å². The molecule has 8 heteroatoms. The highest BCUT2D eigenvalue weighted by atomic mass is 19.4. The van der Waals surface area contributed by atoms with Gasteiger partial charge in [-0.2, -0.15) is 18.3 Å². The molecule has 1 aliphatic rings. The molecule has 0 unspecified atom stereocenters. The van der Waals surface area contributed by atoms with E-state index >= 15 is 0 Å². The lowest BCUT2D eigenvalue weighted by Gasteiger charge is -2.15. The minimum atomic E-state index is -4.67. The summed E-state index contributed by atoms with van der Waals surface area (Å²) in [6.45, 7) is 1.82. The Hall–Kier alpha value is -2.35. The van der Waals surface area contributed by atoms with Crippen molar-refractivity contribution in [2.45, 2.75) is 38.1 Å². The van der Waals surface area contributed by atoms with Gasteiger partial charge in [0.25, 0.3) is 5.91 Å². The number of hydrogen-bond donors (Lipinski definition) is 1. The van der Waals surface area contributed by atoms with Crippen molar-refractivity contribution in [2.75, 3.05) is 5.32 Å². The van der Waals surface area contributed by atoms with E-state index in [2.05, 4.69) is 10.4 Å². The van der Waals surface area contributed by atoms with E-state index in [9.17, 15) is 18.0 Å². The number of ether oxygens (including phenoxy) is 1. The number of carbonyl (C=O) groups is 1. The first-order valence-electron chi connectivity index (χ1n) is 7.53. The van der Waals surface area contributed by atoms with Gasteiger partial charge in [-0.05, 0) is 31.9 Å². The molecule has 128 valence electrons. The summed E-state index contributed by atoms with van der Waals surface area (Å²) in [5.74, 6) is -0.586. The fourth-order valence-corrected chi connectivity index (χ4v) is 2.69. The Bertz CT molecular complexity index is 728. The van der Waals surface area contributed by atoms with Gasteiger partial charge in [0, 0.05) is 0 Å². The van der Waals surface area contributed by atoms with Crippen molar-refractivity contribution in [2.24, 2.45) is 0 Å². The number of hydrogen-bond acceptors (Lipinski definition) is 3. The molecule has 1 aliphatic heterocycles. The molecule has 1 N–H and O–H groups in total. The molecule has 1 aromatic heterocycles. The summed E-state index contributed by atoms with van der Waals surface area (Å²) >= 11 is 0. The number of carbonyl (C=O) groups excluding carboxylic acids is 1. The third-order valence-corrected chi connectivity index (χ3v) is 3.82. The van der Waals surface area contributed by atoms with E-state index < -0.39 is 23.9 Å². The molecule has 3 rings (SSSR count). The largest absolute Gasteiger partial charge is 0.435 e. The van der Waals surface area contributed by atoms with Crippen LogP contribution in [-0.4, -0.2) is 27.9 Å². The minimum Gasteiger partial charge on any atom is -0.365 e. The van der Waals surface area contributed by atoms with E-state index in [0.29, 0.717) is 12.8 Å². The second kappa shape index (κ2) is 6.27. The SMILES string of the molecule is C[C@H]1CC[C@H](C(=O)Nc2cnn(-c3ccccc3)c2C(F)(F)F)O1. The zero-order valence-electron chi connectivity index (χ0n) is 12.9. The van der Waals surface area contributed by atoms with Crippen molar-refractivity contribution in [3.05, 3.63) is 42.2 Å². The number of nitrogens with one attached hydrogen (secondary N) is 1. The van der Waals surface area contributed by atoms with Gasteiger partial charge in [0.15, 0.2) is 5.69 Å². The topological polar surface area (TPSA) is 56.2 Å². The zero-order chi connectivity index (χ0) is 17.3. The van der Waals surface area contributed by atoms with Gasteiger partial charge in [-0.1, -0.05) is 18.2 Å². The average Bonchev–Trinajstić information content (AvgIpc) is 3.14. The van der Waals surface area contributed by atoms with Gasteiger partial charge >= 0.3 is 6.18 Å². The van der Waals surface area contributed by atoms with Crippen LogP contribution in [0.25, 0.3) is 5.69 Å². The minimum absolute atomic E-state index is 0.0742. The lowest BCUT2D eigenvalue weighted by atomic mass is 10.2. The van der Waals surface area contributed by atoms with Gasteiger partial charge in [0.05, 0.1) is 23.7 Å². The molecule has 2 aromatic rings. The fourth-order valence-electron chi connectivity index (χ4n) is 2.69. The smallest absolute Gasteiger partial charge is 0.365 e. The van der Waals surface area contributed by atoms with Crippen LogP contribution in [0.1, 0.15) is 25.5 Å². The number of halogens is 3. The molecule has 0 radical (unpaired) electrons. The Morgan fingerprint density at radius 1 is 1.29 bits per heavy atom. The van der Waals surface area contributed by atoms with E-state index in [-0.39, 0.29) is 17.5 Å². The highest BCUT2D eigenvalue weighted by Crippen LogP contribution is 2.36. The molecule has 1 aromatic carbocycles. The Labute approximate surface area is 136 Å². The lowest BCUT2D eigenvalue weighted by Crippen LogP contribution is -2.28. The second-order valence-corrected chi connectivity index (χ2v) is 5.65. The number of anilines is 1. The lowest BCUT2D eigenvalue weighted by molar-refractivity contribution is -0.142. The quantitative estimate of drug-likeness (QED) is 0.932. The highest BCUT2D eigenvalue weighted by Gasteiger charge is 2.40. The van der Waals surface area contributed by atoms with Gasteiger partial charge in [-0.25, -0.2) is 4.68 Å². The molecular weight excluding hydrogens is 323 g/mol. The van der Waals surface area contributed by atoms with Gasteiger partial charge in [0.1, 0.15) is 6.10 Å². The van der Waals surface area contributed by atoms with Crippen LogP contribution in [0.15, 0.2) is 36.5 Å². The Kier molecular flexibility index (Phi) is 4.31. The molecule has 2 atom stereocenters. The van der Waals surface area contributed by atoms with Gasteiger partial charge in [-0.3, -0.25) is 4.79 Å². The van der Waals surface area contributed by atoms with E-state index in [1.54, 1.807) is 18.2 Å². The number of para-hydroxylation sites is 1.